The topological polar surface area (TPSA) is 92.9 Å². The lowest BCUT2D eigenvalue weighted by Crippen LogP contribution is -2.28. The predicted octanol–water partition coefficient (Wildman–Crippen LogP) is 3.21. The molecule has 0 aliphatic heterocycles. The van der Waals surface area contributed by atoms with Crippen LogP contribution in [0.2, 0.25) is 0 Å². The highest BCUT2D eigenvalue weighted by atomic mass is 16.2. The molecule has 0 aliphatic carbocycles. The standard InChI is InChI=1S/C19H21N5O/c1-3-21-19(25)24-18-9-16-15(13-6-7-22-12(2)8-13)5-4-14(10-20)17(16)11-23-18/h4-9,11H,3,10,20H2,1-2H3,(H2,21,23,24,25). The first-order valence-corrected chi connectivity index (χ1v) is 8.22. The SMILES string of the molecule is CCNC(=O)Nc1cc2c(-c3ccnc(C)c3)ccc(CN)c2cn1. The van der Waals surface area contributed by atoms with E-state index in [1.165, 1.54) is 0 Å². The van der Waals surface area contributed by atoms with Crippen molar-refractivity contribution >= 4 is 22.6 Å². The molecule has 2 heterocycles. The van der Waals surface area contributed by atoms with Gasteiger partial charge in [-0.2, -0.15) is 0 Å². The van der Waals surface area contributed by atoms with Crippen LogP contribution >= 0.6 is 0 Å². The number of carbonyl (C=O) groups is 1. The molecule has 0 aliphatic rings. The summed E-state index contributed by atoms with van der Waals surface area (Å²) in [5, 5.41) is 7.44. The van der Waals surface area contributed by atoms with Crippen LogP contribution in [-0.4, -0.2) is 22.5 Å². The van der Waals surface area contributed by atoms with Crippen molar-refractivity contribution in [1.29, 1.82) is 0 Å². The summed E-state index contributed by atoms with van der Waals surface area (Å²) in [6, 6.07) is 9.69. The van der Waals surface area contributed by atoms with E-state index in [-0.39, 0.29) is 6.03 Å². The Morgan fingerprint density at radius 1 is 1.16 bits per heavy atom. The molecule has 128 valence electrons. The average molecular weight is 335 g/mol. The Labute approximate surface area is 146 Å². The van der Waals surface area contributed by atoms with Gasteiger partial charge in [-0.1, -0.05) is 12.1 Å². The number of rotatable bonds is 4. The summed E-state index contributed by atoms with van der Waals surface area (Å²) >= 11 is 0. The number of benzene rings is 1. The molecule has 2 aromatic heterocycles. The molecule has 3 aromatic rings. The Morgan fingerprint density at radius 2 is 2.00 bits per heavy atom. The molecule has 1 aromatic carbocycles. The number of hydrogen-bond acceptors (Lipinski definition) is 4. The van der Waals surface area contributed by atoms with Crippen molar-refractivity contribution in [3.8, 4) is 11.1 Å². The van der Waals surface area contributed by atoms with Crippen LogP contribution in [0.15, 0.2) is 42.7 Å². The van der Waals surface area contributed by atoms with Crippen LogP contribution in [0.5, 0.6) is 0 Å². The first kappa shape index (κ1) is 16.9. The van der Waals surface area contributed by atoms with Crippen LogP contribution < -0.4 is 16.4 Å². The lowest BCUT2D eigenvalue weighted by Gasteiger charge is -2.13. The van der Waals surface area contributed by atoms with E-state index in [0.29, 0.717) is 18.9 Å². The van der Waals surface area contributed by atoms with Crippen LogP contribution in [0, 0.1) is 6.92 Å². The predicted molar refractivity (Wildman–Crippen MR) is 100 cm³/mol. The summed E-state index contributed by atoms with van der Waals surface area (Å²) < 4.78 is 0. The van der Waals surface area contributed by atoms with Gasteiger partial charge in [-0.15, -0.1) is 0 Å². The highest BCUT2D eigenvalue weighted by molar-refractivity contribution is 6.00. The lowest BCUT2D eigenvalue weighted by molar-refractivity contribution is 0.252. The summed E-state index contributed by atoms with van der Waals surface area (Å²) in [7, 11) is 0. The maximum Gasteiger partial charge on any atom is 0.320 e. The fourth-order valence-electron chi connectivity index (χ4n) is 2.83. The number of amides is 2. The molecule has 0 spiro atoms. The molecule has 0 saturated heterocycles. The van der Waals surface area contributed by atoms with E-state index in [9.17, 15) is 4.79 Å². The van der Waals surface area contributed by atoms with Crippen LogP contribution in [0.3, 0.4) is 0 Å². The first-order valence-electron chi connectivity index (χ1n) is 8.22. The van der Waals surface area contributed by atoms with Gasteiger partial charge in [0, 0.05) is 36.6 Å². The van der Waals surface area contributed by atoms with Crippen molar-refractivity contribution in [2.75, 3.05) is 11.9 Å². The summed E-state index contributed by atoms with van der Waals surface area (Å²) in [5.74, 6) is 0.500. The van der Waals surface area contributed by atoms with E-state index in [0.717, 1.165) is 33.2 Å². The summed E-state index contributed by atoms with van der Waals surface area (Å²) in [6.07, 6.45) is 3.55. The minimum Gasteiger partial charge on any atom is -0.338 e. The molecule has 6 nitrogen and oxygen atoms in total. The number of carbonyl (C=O) groups excluding carboxylic acids is 1. The van der Waals surface area contributed by atoms with Gasteiger partial charge in [0.15, 0.2) is 0 Å². The average Bonchev–Trinajstić information content (AvgIpc) is 2.60. The molecule has 0 bridgehead atoms. The van der Waals surface area contributed by atoms with Crippen molar-refractivity contribution in [3.63, 3.8) is 0 Å². The van der Waals surface area contributed by atoms with Crippen molar-refractivity contribution in [1.82, 2.24) is 15.3 Å². The highest BCUT2D eigenvalue weighted by Gasteiger charge is 2.10. The fourth-order valence-corrected chi connectivity index (χ4v) is 2.83. The van der Waals surface area contributed by atoms with Gasteiger partial charge in [0.05, 0.1) is 0 Å². The number of pyridine rings is 2. The van der Waals surface area contributed by atoms with Gasteiger partial charge in [0.2, 0.25) is 0 Å². The smallest absolute Gasteiger partial charge is 0.320 e. The number of fused-ring (bicyclic) bond motifs is 1. The van der Waals surface area contributed by atoms with E-state index >= 15 is 0 Å². The van der Waals surface area contributed by atoms with Crippen LogP contribution in [0.4, 0.5) is 10.6 Å². The van der Waals surface area contributed by atoms with E-state index in [2.05, 4.69) is 26.7 Å². The summed E-state index contributed by atoms with van der Waals surface area (Å²) in [4.78, 5) is 20.4. The fraction of sp³-hybridized carbons (Fsp3) is 0.211. The van der Waals surface area contributed by atoms with Crippen molar-refractivity contribution in [2.24, 2.45) is 5.73 Å². The molecular formula is C19H21N5O. The van der Waals surface area contributed by atoms with E-state index in [1.807, 2.05) is 38.1 Å². The molecule has 3 rings (SSSR count). The van der Waals surface area contributed by atoms with Gasteiger partial charge < -0.3 is 11.1 Å². The van der Waals surface area contributed by atoms with Gasteiger partial charge in [-0.05, 0) is 54.1 Å². The molecule has 0 atom stereocenters. The summed E-state index contributed by atoms with van der Waals surface area (Å²) in [6.45, 7) is 4.81. The number of nitrogens with two attached hydrogens (primary N) is 1. The van der Waals surface area contributed by atoms with Gasteiger partial charge in [-0.3, -0.25) is 10.3 Å². The van der Waals surface area contributed by atoms with Crippen molar-refractivity contribution in [2.45, 2.75) is 20.4 Å². The third-order valence-electron chi connectivity index (χ3n) is 4.00. The molecule has 0 unspecified atom stereocenters. The normalized spacial score (nSPS) is 10.7. The molecule has 4 N–H and O–H groups in total. The second-order valence-electron chi connectivity index (χ2n) is 5.76. The van der Waals surface area contributed by atoms with E-state index in [4.69, 9.17) is 5.73 Å². The van der Waals surface area contributed by atoms with Crippen LogP contribution in [0.1, 0.15) is 18.2 Å². The van der Waals surface area contributed by atoms with E-state index in [1.54, 1.807) is 12.4 Å². The third kappa shape index (κ3) is 3.59. The van der Waals surface area contributed by atoms with Crippen molar-refractivity contribution < 1.29 is 4.79 Å². The zero-order chi connectivity index (χ0) is 17.8. The zero-order valence-corrected chi connectivity index (χ0v) is 14.3. The maximum atomic E-state index is 11.8. The largest absolute Gasteiger partial charge is 0.338 e. The third-order valence-corrected chi connectivity index (χ3v) is 4.00. The van der Waals surface area contributed by atoms with Crippen LogP contribution in [-0.2, 0) is 6.54 Å². The molecule has 6 heteroatoms. The minimum absolute atomic E-state index is 0.273. The Bertz CT molecular complexity index is 923. The van der Waals surface area contributed by atoms with Gasteiger partial charge in [0.1, 0.15) is 5.82 Å². The van der Waals surface area contributed by atoms with Crippen LogP contribution in [0.25, 0.3) is 21.9 Å². The second-order valence-corrected chi connectivity index (χ2v) is 5.76. The van der Waals surface area contributed by atoms with Crippen molar-refractivity contribution in [3.05, 3.63) is 54.0 Å². The number of aryl methyl sites for hydroxylation is 1. The number of aromatic nitrogens is 2. The molecule has 0 fully saturated rings. The minimum atomic E-state index is -0.273. The lowest BCUT2D eigenvalue weighted by atomic mass is 9.96. The molecule has 0 saturated carbocycles. The quantitative estimate of drug-likeness (QED) is 0.682. The van der Waals surface area contributed by atoms with E-state index < -0.39 is 0 Å². The number of hydrogen-bond donors (Lipinski definition) is 3. The Morgan fingerprint density at radius 3 is 2.72 bits per heavy atom. The van der Waals surface area contributed by atoms with Gasteiger partial charge in [0.25, 0.3) is 0 Å². The van der Waals surface area contributed by atoms with Gasteiger partial charge in [-0.25, -0.2) is 9.78 Å². The first-order chi connectivity index (χ1) is 12.1. The number of nitrogens with one attached hydrogen (secondary N) is 2. The highest BCUT2D eigenvalue weighted by Crippen LogP contribution is 2.32. The molecule has 0 radical (unpaired) electrons. The zero-order valence-electron chi connectivity index (χ0n) is 14.3. The summed E-state index contributed by atoms with van der Waals surface area (Å²) in [5.41, 5.74) is 9.95. The number of urea groups is 1. The molecule has 25 heavy (non-hydrogen) atoms. The number of nitrogens with zero attached hydrogens (tertiary/aromatic N) is 2. The maximum absolute atomic E-state index is 11.8. The second kappa shape index (κ2) is 7.27. The Hall–Kier alpha value is -2.99. The van der Waals surface area contributed by atoms with Gasteiger partial charge >= 0.3 is 6.03 Å². The molecular weight excluding hydrogens is 314 g/mol. The number of anilines is 1. The Balaban J connectivity index is 2.14. The molecule has 2 amide bonds. The monoisotopic (exact) mass is 335 g/mol. The Kier molecular flexibility index (Phi) is 4.90.